The number of nitrogens with one attached hydrogen (secondary N) is 2. The smallest absolute Gasteiger partial charge is 0.253 e. The molecule has 1 heterocycles. The van der Waals surface area contributed by atoms with Crippen LogP contribution in [0.5, 0.6) is 0 Å². The number of pyridine rings is 1. The molecule has 0 aliphatic rings. The van der Waals surface area contributed by atoms with Gasteiger partial charge in [0.2, 0.25) is 0 Å². The van der Waals surface area contributed by atoms with Crippen LogP contribution in [0.2, 0.25) is 0 Å². The fourth-order valence-corrected chi connectivity index (χ4v) is 3.90. The lowest BCUT2D eigenvalue weighted by Gasteiger charge is -2.27. The lowest BCUT2D eigenvalue weighted by Crippen LogP contribution is -2.41. The highest BCUT2D eigenvalue weighted by Crippen LogP contribution is 2.18. The van der Waals surface area contributed by atoms with Crippen LogP contribution in [0, 0.1) is 13.8 Å². The first-order valence-corrected chi connectivity index (χ1v) is 10.7. The molecule has 0 fully saturated rings. The number of aromatic amines is 1. The Morgan fingerprint density at radius 3 is 2.46 bits per heavy atom. The topological polar surface area (TPSA) is 51.4 Å². The average molecular weight is 403 g/mol. The Bertz CT molecular complexity index is 857. The predicted octanol–water partition coefficient (Wildman–Crippen LogP) is 3.57. The largest absolute Gasteiger partial charge is 0.363 e. The van der Waals surface area contributed by atoms with Crippen LogP contribution >= 0.6 is 12.2 Å². The number of rotatable bonds is 9. The molecule has 6 heteroatoms. The van der Waals surface area contributed by atoms with Crippen LogP contribution in [0.4, 0.5) is 0 Å². The van der Waals surface area contributed by atoms with Crippen molar-refractivity contribution < 1.29 is 0 Å². The fourth-order valence-electron chi connectivity index (χ4n) is 3.60. The summed E-state index contributed by atoms with van der Waals surface area (Å²) in [6, 6.07) is 6.23. The number of benzene rings is 1. The monoisotopic (exact) mass is 402 g/mol. The maximum atomic E-state index is 12.7. The maximum absolute atomic E-state index is 12.7. The Labute approximate surface area is 174 Å². The average Bonchev–Trinajstić information content (AvgIpc) is 2.65. The summed E-state index contributed by atoms with van der Waals surface area (Å²) in [5, 5.41) is 5.02. The molecule has 1 aromatic heterocycles. The highest BCUT2D eigenvalue weighted by atomic mass is 32.1. The van der Waals surface area contributed by atoms with Crippen LogP contribution in [0.25, 0.3) is 10.9 Å². The van der Waals surface area contributed by atoms with Gasteiger partial charge in [-0.05, 0) is 82.1 Å². The van der Waals surface area contributed by atoms with Crippen LogP contribution in [-0.2, 0) is 6.54 Å². The first-order chi connectivity index (χ1) is 13.4. The Morgan fingerprint density at radius 2 is 1.82 bits per heavy atom. The van der Waals surface area contributed by atoms with Crippen molar-refractivity contribution in [2.75, 3.05) is 32.7 Å². The third-order valence-corrected chi connectivity index (χ3v) is 5.55. The minimum Gasteiger partial charge on any atom is -0.363 e. The molecular formula is C22H34N4OS. The standard InChI is InChI=1S/C22H34N4OS/c1-6-23-22(28)26(11-9-10-25(7-2)8-3)15-19-14-18-13-16(4)12-17(5)20(18)24-21(19)27/h12-14H,6-11,15H2,1-5H3,(H,23,28)(H,24,27). The van der Waals surface area contributed by atoms with E-state index >= 15 is 0 Å². The molecule has 0 bridgehead atoms. The quantitative estimate of drug-likeness (QED) is 0.628. The summed E-state index contributed by atoms with van der Waals surface area (Å²) in [5.41, 5.74) is 3.93. The Morgan fingerprint density at radius 1 is 1.11 bits per heavy atom. The normalized spacial score (nSPS) is 11.2. The second kappa shape index (κ2) is 10.6. The van der Waals surface area contributed by atoms with Gasteiger partial charge in [-0.1, -0.05) is 25.5 Å². The number of H-pyrrole nitrogens is 1. The van der Waals surface area contributed by atoms with Crippen molar-refractivity contribution in [1.29, 1.82) is 0 Å². The zero-order valence-corrected chi connectivity index (χ0v) is 18.7. The number of thiocarbonyl (C=S) groups is 1. The number of nitrogens with zero attached hydrogens (tertiary/aromatic N) is 2. The zero-order valence-electron chi connectivity index (χ0n) is 17.9. The first kappa shape index (κ1) is 22.4. The third kappa shape index (κ3) is 5.79. The molecule has 0 atom stereocenters. The van der Waals surface area contributed by atoms with E-state index in [1.165, 1.54) is 5.56 Å². The number of hydrogen-bond acceptors (Lipinski definition) is 3. The van der Waals surface area contributed by atoms with Gasteiger partial charge in [0.05, 0.1) is 12.1 Å². The molecule has 2 rings (SSSR count). The van der Waals surface area contributed by atoms with Crippen molar-refractivity contribution in [3.05, 3.63) is 45.2 Å². The highest BCUT2D eigenvalue weighted by molar-refractivity contribution is 7.80. The molecule has 0 unspecified atom stereocenters. The van der Waals surface area contributed by atoms with Gasteiger partial charge in [0.1, 0.15) is 0 Å². The molecule has 0 aliphatic heterocycles. The van der Waals surface area contributed by atoms with Crippen molar-refractivity contribution in [3.8, 4) is 0 Å². The van der Waals surface area contributed by atoms with E-state index in [0.717, 1.165) is 61.2 Å². The van der Waals surface area contributed by atoms with E-state index in [1.54, 1.807) is 0 Å². The van der Waals surface area contributed by atoms with Gasteiger partial charge in [-0.15, -0.1) is 0 Å². The lowest BCUT2D eigenvalue weighted by molar-refractivity contribution is 0.279. The zero-order chi connectivity index (χ0) is 20.7. The molecule has 0 spiro atoms. The van der Waals surface area contributed by atoms with E-state index in [-0.39, 0.29) is 5.56 Å². The molecule has 2 aromatic rings. The molecule has 0 radical (unpaired) electrons. The molecule has 154 valence electrons. The van der Waals surface area contributed by atoms with Gasteiger partial charge in [-0.3, -0.25) is 4.79 Å². The molecule has 0 amide bonds. The second-order valence-corrected chi connectivity index (χ2v) is 7.69. The van der Waals surface area contributed by atoms with E-state index in [4.69, 9.17) is 12.2 Å². The van der Waals surface area contributed by atoms with Gasteiger partial charge < -0.3 is 20.1 Å². The fraction of sp³-hybridized carbons (Fsp3) is 0.545. The molecule has 5 nitrogen and oxygen atoms in total. The van der Waals surface area contributed by atoms with Crippen LogP contribution < -0.4 is 10.9 Å². The molecule has 0 saturated heterocycles. The SMILES string of the molecule is CCNC(=S)N(CCCN(CC)CC)Cc1cc2cc(C)cc(C)c2[nH]c1=O. The molecule has 1 aromatic carbocycles. The maximum Gasteiger partial charge on any atom is 0.253 e. The number of hydrogen-bond donors (Lipinski definition) is 2. The summed E-state index contributed by atoms with van der Waals surface area (Å²) in [6.45, 7) is 15.8. The van der Waals surface area contributed by atoms with Crippen LogP contribution in [0.3, 0.4) is 0 Å². The summed E-state index contributed by atoms with van der Waals surface area (Å²) in [5.74, 6) is 0. The summed E-state index contributed by atoms with van der Waals surface area (Å²) < 4.78 is 0. The van der Waals surface area contributed by atoms with E-state index in [1.807, 2.05) is 19.9 Å². The first-order valence-electron chi connectivity index (χ1n) is 10.3. The van der Waals surface area contributed by atoms with Crippen molar-refractivity contribution in [3.63, 3.8) is 0 Å². The Kier molecular flexibility index (Phi) is 8.45. The molecular weight excluding hydrogens is 368 g/mol. The summed E-state index contributed by atoms with van der Waals surface area (Å²) >= 11 is 5.58. The van der Waals surface area contributed by atoms with Gasteiger partial charge in [0.25, 0.3) is 5.56 Å². The van der Waals surface area contributed by atoms with Crippen LogP contribution in [-0.4, -0.2) is 52.6 Å². The van der Waals surface area contributed by atoms with Gasteiger partial charge in [-0.25, -0.2) is 0 Å². The summed E-state index contributed by atoms with van der Waals surface area (Å²) in [6.07, 6.45) is 1.01. The minimum absolute atomic E-state index is 0.0347. The molecule has 28 heavy (non-hydrogen) atoms. The van der Waals surface area contributed by atoms with Gasteiger partial charge >= 0.3 is 0 Å². The predicted molar refractivity (Wildman–Crippen MR) is 123 cm³/mol. The van der Waals surface area contributed by atoms with E-state index in [9.17, 15) is 4.79 Å². The summed E-state index contributed by atoms with van der Waals surface area (Å²) in [7, 11) is 0. The highest BCUT2D eigenvalue weighted by Gasteiger charge is 2.14. The van der Waals surface area contributed by atoms with Gasteiger partial charge in [-0.2, -0.15) is 0 Å². The number of fused-ring (bicyclic) bond motifs is 1. The minimum atomic E-state index is -0.0347. The lowest BCUT2D eigenvalue weighted by atomic mass is 10.1. The van der Waals surface area contributed by atoms with E-state index in [2.05, 4.69) is 53.0 Å². The Hall–Kier alpha value is -1.92. The van der Waals surface area contributed by atoms with Crippen molar-refractivity contribution in [2.24, 2.45) is 0 Å². The third-order valence-electron chi connectivity index (χ3n) is 5.14. The van der Waals surface area contributed by atoms with Crippen molar-refractivity contribution in [1.82, 2.24) is 20.1 Å². The molecule has 0 saturated carbocycles. The van der Waals surface area contributed by atoms with Crippen LogP contribution in [0.1, 0.15) is 43.9 Å². The van der Waals surface area contributed by atoms with Crippen molar-refractivity contribution >= 4 is 28.2 Å². The number of aromatic nitrogens is 1. The molecule has 0 aliphatic carbocycles. The van der Waals surface area contributed by atoms with E-state index in [0.29, 0.717) is 11.7 Å². The van der Waals surface area contributed by atoms with Gasteiger partial charge in [0.15, 0.2) is 5.11 Å². The van der Waals surface area contributed by atoms with Crippen molar-refractivity contribution in [2.45, 2.75) is 47.6 Å². The number of aryl methyl sites for hydroxylation is 2. The van der Waals surface area contributed by atoms with E-state index < -0.39 is 0 Å². The van der Waals surface area contributed by atoms with Crippen LogP contribution in [0.15, 0.2) is 23.0 Å². The molecule has 2 N–H and O–H groups in total. The second-order valence-electron chi connectivity index (χ2n) is 7.31. The summed E-state index contributed by atoms with van der Waals surface area (Å²) in [4.78, 5) is 20.3. The van der Waals surface area contributed by atoms with Gasteiger partial charge in [0, 0.05) is 18.7 Å². The Balaban J connectivity index is 2.23.